The highest BCUT2D eigenvalue weighted by Gasteiger charge is 2.32. The summed E-state index contributed by atoms with van der Waals surface area (Å²) >= 11 is 6.22. The molecule has 9 heteroatoms. The van der Waals surface area contributed by atoms with Crippen molar-refractivity contribution in [1.29, 1.82) is 0 Å². The van der Waals surface area contributed by atoms with Gasteiger partial charge in [-0.05, 0) is 54.4 Å². The molecule has 3 aromatic rings. The Hall–Kier alpha value is -3.80. The number of amides is 2. The third-order valence-electron chi connectivity index (χ3n) is 5.33. The van der Waals surface area contributed by atoms with Gasteiger partial charge in [0.15, 0.2) is 0 Å². The zero-order valence-corrected chi connectivity index (χ0v) is 19.5. The number of terminal acetylenes is 1. The molecule has 3 aromatic carbocycles. The van der Waals surface area contributed by atoms with Gasteiger partial charge < -0.3 is 10.6 Å². The van der Waals surface area contributed by atoms with Crippen LogP contribution in [-0.2, 0) is 21.2 Å². The zero-order valence-electron chi connectivity index (χ0n) is 17.9. The molecular formula is C25H20ClN3O4S. The SMILES string of the molecule is C#Cc1cccc(NC(=O)CNC(=O)c2ccc(Cl)c(S(=O)(=O)N3CCc4ccccc43)c2)c1. The maximum absolute atomic E-state index is 13.3. The Kier molecular flexibility index (Phi) is 6.59. The average Bonchev–Trinajstić information content (AvgIpc) is 3.28. The van der Waals surface area contributed by atoms with Crippen molar-refractivity contribution in [2.45, 2.75) is 11.3 Å². The Labute approximate surface area is 202 Å². The van der Waals surface area contributed by atoms with Gasteiger partial charge in [0.05, 0.1) is 17.3 Å². The molecule has 2 amide bonds. The molecule has 0 unspecified atom stereocenters. The summed E-state index contributed by atoms with van der Waals surface area (Å²) in [4.78, 5) is 24.7. The van der Waals surface area contributed by atoms with Crippen molar-refractivity contribution < 1.29 is 18.0 Å². The largest absolute Gasteiger partial charge is 0.343 e. The smallest absolute Gasteiger partial charge is 0.265 e. The summed E-state index contributed by atoms with van der Waals surface area (Å²) in [7, 11) is -3.99. The van der Waals surface area contributed by atoms with E-state index in [1.807, 2.05) is 12.1 Å². The van der Waals surface area contributed by atoms with Crippen LogP contribution in [0.1, 0.15) is 21.5 Å². The minimum atomic E-state index is -3.99. The van der Waals surface area contributed by atoms with Crippen molar-refractivity contribution in [2.75, 3.05) is 22.7 Å². The molecule has 0 saturated carbocycles. The molecule has 4 rings (SSSR count). The van der Waals surface area contributed by atoms with Gasteiger partial charge in [-0.1, -0.05) is 41.8 Å². The van der Waals surface area contributed by atoms with Crippen molar-refractivity contribution in [3.63, 3.8) is 0 Å². The number of fused-ring (bicyclic) bond motifs is 1. The first-order valence-corrected chi connectivity index (χ1v) is 12.2. The molecule has 34 heavy (non-hydrogen) atoms. The monoisotopic (exact) mass is 493 g/mol. The summed E-state index contributed by atoms with van der Waals surface area (Å²) in [6, 6.07) is 18.0. The number of nitrogens with one attached hydrogen (secondary N) is 2. The highest BCUT2D eigenvalue weighted by Crippen LogP contribution is 2.35. The number of para-hydroxylation sites is 1. The minimum Gasteiger partial charge on any atom is -0.343 e. The van der Waals surface area contributed by atoms with Gasteiger partial charge in [-0.2, -0.15) is 0 Å². The standard InChI is InChI=1S/C25H20ClN3O4S/c1-2-17-6-5-8-20(14-17)28-24(30)16-27-25(31)19-10-11-21(26)23(15-19)34(32,33)29-13-12-18-7-3-4-9-22(18)29/h1,3-11,14-15H,12-13,16H2,(H,27,31)(H,28,30). The topological polar surface area (TPSA) is 95.6 Å². The molecule has 172 valence electrons. The van der Waals surface area contributed by atoms with Crippen LogP contribution in [0.5, 0.6) is 0 Å². The van der Waals surface area contributed by atoms with Gasteiger partial charge in [-0.15, -0.1) is 6.42 Å². The Morgan fingerprint density at radius 1 is 1.06 bits per heavy atom. The Bertz CT molecular complexity index is 1430. The van der Waals surface area contributed by atoms with Gasteiger partial charge in [-0.25, -0.2) is 8.42 Å². The van der Waals surface area contributed by atoms with E-state index in [1.165, 1.54) is 22.5 Å². The summed E-state index contributed by atoms with van der Waals surface area (Å²) in [5.74, 6) is 1.41. The van der Waals surface area contributed by atoms with Crippen molar-refractivity contribution in [1.82, 2.24) is 5.32 Å². The highest BCUT2D eigenvalue weighted by molar-refractivity contribution is 7.93. The molecule has 7 nitrogen and oxygen atoms in total. The molecule has 0 saturated heterocycles. The molecule has 0 radical (unpaired) electrons. The van der Waals surface area contributed by atoms with Gasteiger partial charge in [0, 0.05) is 23.4 Å². The van der Waals surface area contributed by atoms with Crippen molar-refractivity contribution in [2.24, 2.45) is 0 Å². The first-order valence-electron chi connectivity index (χ1n) is 10.3. The van der Waals surface area contributed by atoms with E-state index >= 15 is 0 Å². The first kappa shape index (κ1) is 23.4. The number of hydrogen-bond donors (Lipinski definition) is 2. The number of sulfonamides is 1. The van der Waals surface area contributed by atoms with Crippen LogP contribution >= 0.6 is 11.6 Å². The molecule has 1 aliphatic heterocycles. The van der Waals surface area contributed by atoms with Crippen LogP contribution in [0.3, 0.4) is 0 Å². The number of nitrogens with zero attached hydrogens (tertiary/aromatic N) is 1. The van der Waals surface area contributed by atoms with Crippen molar-refractivity contribution in [3.8, 4) is 12.3 Å². The fourth-order valence-corrected chi connectivity index (χ4v) is 5.68. The fraction of sp³-hybridized carbons (Fsp3) is 0.120. The summed E-state index contributed by atoms with van der Waals surface area (Å²) in [5, 5.41) is 5.14. The lowest BCUT2D eigenvalue weighted by atomic mass is 10.2. The lowest BCUT2D eigenvalue weighted by Gasteiger charge is -2.20. The molecule has 0 aliphatic carbocycles. The van der Waals surface area contributed by atoms with Crippen LogP contribution in [0.15, 0.2) is 71.6 Å². The maximum atomic E-state index is 13.3. The molecule has 0 fully saturated rings. The van der Waals surface area contributed by atoms with Crippen LogP contribution in [0.2, 0.25) is 5.02 Å². The Balaban J connectivity index is 1.48. The summed E-state index contributed by atoms with van der Waals surface area (Å²) in [5.41, 5.74) is 2.70. The lowest BCUT2D eigenvalue weighted by molar-refractivity contribution is -0.115. The summed E-state index contributed by atoms with van der Waals surface area (Å²) < 4.78 is 28.0. The normalized spacial score (nSPS) is 12.5. The molecule has 0 aromatic heterocycles. The molecule has 1 aliphatic rings. The lowest BCUT2D eigenvalue weighted by Crippen LogP contribution is -2.33. The molecule has 2 N–H and O–H groups in total. The van der Waals surface area contributed by atoms with Crippen LogP contribution in [0, 0.1) is 12.3 Å². The third kappa shape index (κ3) is 4.76. The number of anilines is 2. The van der Waals surface area contributed by atoms with Gasteiger partial charge in [0.2, 0.25) is 5.91 Å². The second kappa shape index (κ2) is 9.59. The van der Waals surface area contributed by atoms with Crippen molar-refractivity contribution in [3.05, 3.63) is 88.4 Å². The number of hydrogen-bond acceptors (Lipinski definition) is 4. The maximum Gasteiger partial charge on any atom is 0.265 e. The van der Waals surface area contributed by atoms with E-state index in [0.29, 0.717) is 23.4 Å². The summed E-state index contributed by atoms with van der Waals surface area (Å²) in [6.45, 7) is -0.0290. The van der Waals surface area contributed by atoms with Crippen molar-refractivity contribution >= 4 is 44.8 Å². The first-order chi connectivity index (χ1) is 16.3. The number of benzene rings is 3. The third-order valence-corrected chi connectivity index (χ3v) is 7.62. The molecule has 0 spiro atoms. The second-order valence-corrected chi connectivity index (χ2v) is 9.80. The van der Waals surface area contributed by atoms with Crippen LogP contribution in [0.25, 0.3) is 0 Å². The van der Waals surface area contributed by atoms with Crippen LogP contribution in [0.4, 0.5) is 11.4 Å². The minimum absolute atomic E-state index is 0.00655. The van der Waals surface area contributed by atoms with E-state index in [-0.39, 0.29) is 28.6 Å². The zero-order chi connectivity index (χ0) is 24.3. The number of halogens is 1. The Morgan fingerprint density at radius 3 is 2.65 bits per heavy atom. The van der Waals surface area contributed by atoms with Crippen LogP contribution < -0.4 is 14.9 Å². The van der Waals surface area contributed by atoms with E-state index < -0.39 is 21.8 Å². The van der Waals surface area contributed by atoms with Gasteiger partial charge in [0.1, 0.15) is 4.90 Å². The fourth-order valence-electron chi connectivity index (χ4n) is 3.67. The summed E-state index contributed by atoms with van der Waals surface area (Å²) in [6.07, 6.45) is 5.94. The van der Waals surface area contributed by atoms with Gasteiger partial charge in [-0.3, -0.25) is 13.9 Å². The molecular weight excluding hydrogens is 474 g/mol. The second-order valence-electron chi connectivity index (χ2n) is 7.56. The number of carbonyl (C=O) groups excluding carboxylic acids is 2. The quantitative estimate of drug-likeness (QED) is 0.514. The van der Waals surface area contributed by atoms with Gasteiger partial charge >= 0.3 is 0 Å². The highest BCUT2D eigenvalue weighted by atomic mass is 35.5. The van der Waals surface area contributed by atoms with E-state index in [1.54, 1.807) is 36.4 Å². The molecule has 0 bridgehead atoms. The number of carbonyl (C=O) groups is 2. The van der Waals surface area contributed by atoms with E-state index in [4.69, 9.17) is 18.0 Å². The number of rotatable bonds is 6. The van der Waals surface area contributed by atoms with E-state index in [2.05, 4.69) is 16.6 Å². The van der Waals surface area contributed by atoms with E-state index in [0.717, 1.165) is 5.56 Å². The van der Waals surface area contributed by atoms with Crippen LogP contribution in [-0.4, -0.2) is 33.3 Å². The predicted molar refractivity (Wildman–Crippen MR) is 131 cm³/mol. The van der Waals surface area contributed by atoms with E-state index in [9.17, 15) is 18.0 Å². The Morgan fingerprint density at radius 2 is 1.85 bits per heavy atom. The molecule has 1 heterocycles. The molecule has 0 atom stereocenters. The average molecular weight is 494 g/mol. The predicted octanol–water partition coefficient (Wildman–Crippen LogP) is 3.44. The van der Waals surface area contributed by atoms with Gasteiger partial charge in [0.25, 0.3) is 15.9 Å².